The lowest BCUT2D eigenvalue weighted by atomic mass is 10.1. The molecule has 0 radical (unpaired) electrons. The van der Waals surface area contributed by atoms with Gasteiger partial charge in [0.15, 0.2) is 0 Å². The first kappa shape index (κ1) is 19.2. The molecule has 1 saturated heterocycles. The number of carbonyl (C=O) groups excluding carboxylic acids is 1. The number of morpholine rings is 1. The Bertz CT molecular complexity index is 795. The number of amides is 1. The van der Waals surface area contributed by atoms with Gasteiger partial charge in [-0.1, -0.05) is 0 Å². The minimum Gasteiger partial charge on any atom is -0.493 e. The van der Waals surface area contributed by atoms with Crippen LogP contribution in [0.3, 0.4) is 0 Å². The lowest BCUT2D eigenvalue weighted by Crippen LogP contribution is -2.49. The molecule has 1 aliphatic heterocycles. The standard InChI is InChI=1S/C21H28N2O5/c1-25-7-2-8-26-18-11-15(12-19-17(18)5-9-27-19)14-23(16-3-4-16)21(24)20-13-22-6-10-28-20/h5,9,11-12,16,20,22H,2-4,6-8,10,13-14H2,1H3/t20-/m1/s1. The molecule has 4 rings (SSSR count). The predicted molar refractivity (Wildman–Crippen MR) is 104 cm³/mol. The second-order valence-electron chi connectivity index (χ2n) is 7.38. The predicted octanol–water partition coefficient (Wildman–Crippen LogP) is 2.33. The highest BCUT2D eigenvalue weighted by molar-refractivity contribution is 5.85. The molecule has 7 heteroatoms. The lowest BCUT2D eigenvalue weighted by Gasteiger charge is -2.30. The fourth-order valence-corrected chi connectivity index (χ4v) is 3.57. The maximum Gasteiger partial charge on any atom is 0.253 e. The van der Waals surface area contributed by atoms with E-state index >= 15 is 0 Å². The molecule has 0 bridgehead atoms. The Morgan fingerprint density at radius 3 is 2.96 bits per heavy atom. The fraction of sp³-hybridized carbons (Fsp3) is 0.571. The molecule has 0 spiro atoms. The highest BCUT2D eigenvalue weighted by Gasteiger charge is 2.37. The van der Waals surface area contributed by atoms with E-state index in [1.165, 1.54) is 0 Å². The number of nitrogens with one attached hydrogen (secondary N) is 1. The summed E-state index contributed by atoms with van der Waals surface area (Å²) in [6.07, 6.45) is 4.19. The van der Waals surface area contributed by atoms with Crippen molar-refractivity contribution in [3.63, 3.8) is 0 Å². The van der Waals surface area contributed by atoms with Gasteiger partial charge in [-0.25, -0.2) is 0 Å². The van der Waals surface area contributed by atoms with E-state index < -0.39 is 6.10 Å². The molecule has 1 atom stereocenters. The van der Waals surface area contributed by atoms with Crippen LogP contribution >= 0.6 is 0 Å². The van der Waals surface area contributed by atoms with Gasteiger partial charge in [-0.2, -0.15) is 0 Å². The number of benzene rings is 1. The lowest BCUT2D eigenvalue weighted by molar-refractivity contribution is -0.146. The summed E-state index contributed by atoms with van der Waals surface area (Å²) < 4.78 is 22.4. The van der Waals surface area contributed by atoms with Crippen LogP contribution in [0.15, 0.2) is 28.9 Å². The average Bonchev–Trinajstić information content (AvgIpc) is 3.46. The first-order chi connectivity index (χ1) is 13.8. The van der Waals surface area contributed by atoms with Gasteiger partial charge in [0.25, 0.3) is 5.91 Å². The zero-order valence-corrected chi connectivity index (χ0v) is 16.3. The second kappa shape index (κ2) is 8.94. The third-order valence-corrected chi connectivity index (χ3v) is 5.17. The van der Waals surface area contributed by atoms with Crippen molar-refractivity contribution in [2.24, 2.45) is 0 Å². The van der Waals surface area contributed by atoms with E-state index in [0.717, 1.165) is 48.1 Å². The van der Waals surface area contributed by atoms with Crippen LogP contribution in [0, 0.1) is 0 Å². The number of hydrogen-bond donors (Lipinski definition) is 1. The monoisotopic (exact) mass is 388 g/mol. The van der Waals surface area contributed by atoms with Crippen LogP contribution in [0.4, 0.5) is 0 Å². The maximum absolute atomic E-state index is 13.0. The molecule has 7 nitrogen and oxygen atoms in total. The highest BCUT2D eigenvalue weighted by atomic mass is 16.5. The van der Waals surface area contributed by atoms with Gasteiger partial charge in [0, 0.05) is 45.8 Å². The summed E-state index contributed by atoms with van der Waals surface area (Å²) >= 11 is 0. The Hall–Kier alpha value is -2.09. The van der Waals surface area contributed by atoms with Gasteiger partial charge in [0.1, 0.15) is 17.4 Å². The third kappa shape index (κ3) is 4.48. The molecule has 2 aromatic rings. The SMILES string of the molecule is COCCCOc1cc(CN(C(=O)[C@H]2CNCCO2)C2CC2)cc2occc12. The number of fused-ring (bicyclic) bond motifs is 1. The fourth-order valence-electron chi connectivity index (χ4n) is 3.57. The van der Waals surface area contributed by atoms with Gasteiger partial charge >= 0.3 is 0 Å². The summed E-state index contributed by atoms with van der Waals surface area (Å²) in [5, 5.41) is 4.19. The van der Waals surface area contributed by atoms with Gasteiger partial charge in [-0.3, -0.25) is 4.79 Å². The quantitative estimate of drug-likeness (QED) is 0.665. The molecule has 1 saturated carbocycles. The van der Waals surface area contributed by atoms with E-state index in [2.05, 4.69) is 5.32 Å². The number of ether oxygens (including phenoxy) is 3. The van der Waals surface area contributed by atoms with Gasteiger partial charge in [0.05, 0.1) is 24.9 Å². The smallest absolute Gasteiger partial charge is 0.253 e. The van der Waals surface area contributed by atoms with Crippen molar-refractivity contribution in [1.82, 2.24) is 10.2 Å². The Kier molecular flexibility index (Phi) is 6.14. The van der Waals surface area contributed by atoms with Gasteiger partial charge < -0.3 is 28.8 Å². The summed E-state index contributed by atoms with van der Waals surface area (Å²) in [6.45, 7) is 3.72. The number of methoxy groups -OCH3 is 1. The number of rotatable bonds is 9. The number of nitrogens with zero attached hydrogens (tertiary/aromatic N) is 1. The van der Waals surface area contributed by atoms with Crippen LogP contribution in [-0.2, 0) is 20.8 Å². The first-order valence-corrected chi connectivity index (χ1v) is 10.0. The molecular weight excluding hydrogens is 360 g/mol. The van der Waals surface area contributed by atoms with Crippen molar-refractivity contribution >= 4 is 16.9 Å². The molecule has 1 N–H and O–H groups in total. The van der Waals surface area contributed by atoms with Crippen molar-refractivity contribution < 1.29 is 23.4 Å². The van der Waals surface area contributed by atoms with Crippen LogP contribution in [0.5, 0.6) is 5.75 Å². The van der Waals surface area contributed by atoms with Crippen LogP contribution in [0.1, 0.15) is 24.8 Å². The number of furan rings is 1. The summed E-state index contributed by atoms with van der Waals surface area (Å²) in [6, 6.07) is 6.24. The number of hydrogen-bond acceptors (Lipinski definition) is 6. The molecular formula is C21H28N2O5. The zero-order chi connectivity index (χ0) is 19.3. The van der Waals surface area contributed by atoms with Crippen LogP contribution in [0.2, 0.25) is 0 Å². The zero-order valence-electron chi connectivity index (χ0n) is 16.3. The number of carbonyl (C=O) groups is 1. The Balaban J connectivity index is 1.51. The Morgan fingerprint density at radius 2 is 2.21 bits per heavy atom. The van der Waals surface area contributed by atoms with Crippen LogP contribution < -0.4 is 10.1 Å². The van der Waals surface area contributed by atoms with Crippen molar-refractivity contribution in [1.29, 1.82) is 0 Å². The Morgan fingerprint density at radius 1 is 1.32 bits per heavy atom. The summed E-state index contributed by atoms with van der Waals surface area (Å²) in [5.74, 6) is 0.855. The van der Waals surface area contributed by atoms with E-state index in [4.69, 9.17) is 18.6 Å². The average molecular weight is 388 g/mol. The molecule has 1 aliphatic carbocycles. The summed E-state index contributed by atoms with van der Waals surface area (Å²) in [5.41, 5.74) is 1.78. The first-order valence-electron chi connectivity index (χ1n) is 10.0. The third-order valence-electron chi connectivity index (χ3n) is 5.17. The van der Waals surface area contributed by atoms with Gasteiger partial charge in [-0.15, -0.1) is 0 Å². The molecule has 2 aliphatic rings. The second-order valence-corrected chi connectivity index (χ2v) is 7.38. The molecule has 152 valence electrons. The molecule has 28 heavy (non-hydrogen) atoms. The minimum atomic E-state index is -0.397. The van der Waals surface area contributed by atoms with E-state index in [1.54, 1.807) is 13.4 Å². The van der Waals surface area contributed by atoms with Crippen LogP contribution in [0.25, 0.3) is 11.0 Å². The van der Waals surface area contributed by atoms with Crippen molar-refractivity contribution in [2.45, 2.75) is 38.0 Å². The maximum atomic E-state index is 13.0. The van der Waals surface area contributed by atoms with E-state index in [9.17, 15) is 4.79 Å². The topological polar surface area (TPSA) is 73.2 Å². The largest absolute Gasteiger partial charge is 0.493 e. The van der Waals surface area contributed by atoms with Gasteiger partial charge in [0.2, 0.25) is 0 Å². The van der Waals surface area contributed by atoms with E-state index in [1.807, 2.05) is 23.1 Å². The summed E-state index contributed by atoms with van der Waals surface area (Å²) in [7, 11) is 1.68. The van der Waals surface area contributed by atoms with Crippen LogP contribution in [-0.4, -0.2) is 63.0 Å². The Labute approximate surface area is 164 Å². The molecule has 1 amide bonds. The molecule has 0 unspecified atom stereocenters. The van der Waals surface area contributed by atoms with Crippen molar-refractivity contribution in [3.8, 4) is 5.75 Å². The van der Waals surface area contributed by atoms with Crippen molar-refractivity contribution in [2.75, 3.05) is 40.0 Å². The molecule has 2 heterocycles. The minimum absolute atomic E-state index is 0.0665. The van der Waals surface area contributed by atoms with Crippen molar-refractivity contribution in [3.05, 3.63) is 30.0 Å². The molecule has 1 aromatic heterocycles. The normalized spacial score (nSPS) is 19.7. The van der Waals surface area contributed by atoms with E-state index in [-0.39, 0.29) is 5.91 Å². The van der Waals surface area contributed by atoms with E-state index in [0.29, 0.717) is 39.0 Å². The highest BCUT2D eigenvalue weighted by Crippen LogP contribution is 2.33. The van der Waals surface area contributed by atoms with Gasteiger partial charge in [-0.05, 0) is 36.6 Å². The molecule has 2 fully saturated rings. The molecule has 1 aromatic carbocycles. The summed E-state index contributed by atoms with van der Waals surface area (Å²) in [4.78, 5) is 15.0.